The summed E-state index contributed by atoms with van der Waals surface area (Å²) in [6.07, 6.45) is 7.15. The topological polar surface area (TPSA) is 87.8 Å². The lowest BCUT2D eigenvalue weighted by Crippen LogP contribution is -2.53. The van der Waals surface area contributed by atoms with E-state index in [9.17, 15) is 9.90 Å². The van der Waals surface area contributed by atoms with Gasteiger partial charge in [-0.05, 0) is 70.6 Å². The third-order valence-corrected chi connectivity index (χ3v) is 6.31. The number of nitrogens with one attached hydrogen (secondary N) is 1. The van der Waals surface area contributed by atoms with Gasteiger partial charge in [0.1, 0.15) is 5.75 Å². The van der Waals surface area contributed by atoms with E-state index in [1.807, 2.05) is 0 Å². The molecular weight excluding hydrogens is 342 g/mol. The lowest BCUT2D eigenvalue weighted by Gasteiger charge is -2.48. The number of ether oxygens (including phenoxy) is 1. The van der Waals surface area contributed by atoms with Crippen molar-refractivity contribution in [2.45, 2.75) is 70.1 Å². The molecule has 1 heterocycles. The summed E-state index contributed by atoms with van der Waals surface area (Å²) >= 11 is 0. The Balaban J connectivity index is 1.54. The van der Waals surface area contributed by atoms with E-state index >= 15 is 0 Å². The van der Waals surface area contributed by atoms with Gasteiger partial charge in [0.15, 0.2) is 0 Å². The molecule has 0 bridgehead atoms. The molecule has 1 aromatic carbocycles. The smallest absolute Gasteiger partial charge is 0.248 e. The summed E-state index contributed by atoms with van der Waals surface area (Å²) in [5, 5.41) is 13.5. The number of nitrogens with two attached hydrogens (primary N) is 1. The summed E-state index contributed by atoms with van der Waals surface area (Å²) in [6.45, 7) is 7.36. The number of likely N-dealkylation sites (tertiary alicyclic amines) is 1. The Morgan fingerprint density at radius 2 is 1.96 bits per heavy atom. The number of rotatable bonds is 6. The van der Waals surface area contributed by atoms with Gasteiger partial charge in [-0.2, -0.15) is 0 Å². The quantitative estimate of drug-likeness (QED) is 0.665. The number of phenols is 1. The SMILES string of the molecule is CCO[C@H]1CC[C@](C)(N2CCC(Nc3cc(C(N)=O)ccc3O)CC2)CC1. The molecule has 1 saturated carbocycles. The average molecular weight is 376 g/mol. The summed E-state index contributed by atoms with van der Waals surface area (Å²) in [6, 6.07) is 5.00. The van der Waals surface area contributed by atoms with Gasteiger partial charge in [0.2, 0.25) is 5.91 Å². The summed E-state index contributed by atoms with van der Waals surface area (Å²) in [5.41, 5.74) is 6.62. The Labute approximate surface area is 162 Å². The zero-order valence-electron chi connectivity index (χ0n) is 16.5. The van der Waals surface area contributed by atoms with E-state index < -0.39 is 5.91 Å². The summed E-state index contributed by atoms with van der Waals surface area (Å²) in [4.78, 5) is 14.0. The Morgan fingerprint density at radius 1 is 1.30 bits per heavy atom. The van der Waals surface area contributed by atoms with Gasteiger partial charge in [0, 0.05) is 36.8 Å². The van der Waals surface area contributed by atoms with E-state index in [0.717, 1.165) is 45.4 Å². The van der Waals surface area contributed by atoms with Crippen molar-refractivity contribution < 1.29 is 14.6 Å². The molecule has 0 spiro atoms. The van der Waals surface area contributed by atoms with Crippen LogP contribution in [-0.2, 0) is 4.74 Å². The maximum Gasteiger partial charge on any atom is 0.248 e. The maximum absolute atomic E-state index is 11.4. The molecule has 27 heavy (non-hydrogen) atoms. The van der Waals surface area contributed by atoms with E-state index in [1.165, 1.54) is 18.9 Å². The van der Waals surface area contributed by atoms with Crippen LogP contribution in [0.1, 0.15) is 62.7 Å². The average Bonchev–Trinajstić information content (AvgIpc) is 2.66. The van der Waals surface area contributed by atoms with E-state index in [0.29, 0.717) is 23.4 Å². The molecule has 1 saturated heterocycles. The second-order valence-electron chi connectivity index (χ2n) is 8.15. The fraction of sp³-hybridized carbons (Fsp3) is 0.667. The molecule has 1 aliphatic heterocycles. The van der Waals surface area contributed by atoms with Crippen LogP contribution in [0.25, 0.3) is 0 Å². The molecule has 150 valence electrons. The Morgan fingerprint density at radius 3 is 2.56 bits per heavy atom. The molecule has 1 aliphatic carbocycles. The van der Waals surface area contributed by atoms with Crippen LogP contribution >= 0.6 is 0 Å². The maximum atomic E-state index is 11.4. The molecule has 1 amide bonds. The number of amides is 1. The first-order chi connectivity index (χ1) is 12.9. The minimum atomic E-state index is -0.483. The van der Waals surface area contributed by atoms with Gasteiger partial charge in [-0.1, -0.05) is 0 Å². The van der Waals surface area contributed by atoms with Crippen molar-refractivity contribution in [3.63, 3.8) is 0 Å². The van der Waals surface area contributed by atoms with E-state index in [-0.39, 0.29) is 11.3 Å². The fourth-order valence-corrected chi connectivity index (χ4v) is 4.52. The highest BCUT2D eigenvalue weighted by Crippen LogP contribution is 2.37. The standard InChI is InChI=1S/C21H33N3O3/c1-3-27-17-6-10-21(2,11-7-17)24-12-8-16(9-13-24)23-18-14-15(20(22)26)4-5-19(18)25/h4-5,14,16-17,23,25H,3,6-13H2,1-2H3,(H2,22,26)/t17-,21-. The third kappa shape index (κ3) is 4.74. The van der Waals surface area contributed by atoms with Gasteiger partial charge in [0.25, 0.3) is 0 Å². The molecule has 0 unspecified atom stereocenters. The van der Waals surface area contributed by atoms with Crippen LogP contribution in [0.15, 0.2) is 18.2 Å². The molecular formula is C21H33N3O3. The number of aromatic hydroxyl groups is 1. The van der Waals surface area contributed by atoms with Crippen molar-refractivity contribution in [3.05, 3.63) is 23.8 Å². The minimum absolute atomic E-state index is 0.156. The predicted molar refractivity (Wildman–Crippen MR) is 107 cm³/mol. The zero-order valence-corrected chi connectivity index (χ0v) is 16.5. The molecule has 0 atom stereocenters. The van der Waals surface area contributed by atoms with Crippen molar-refractivity contribution in [2.75, 3.05) is 25.0 Å². The van der Waals surface area contributed by atoms with Gasteiger partial charge in [0.05, 0.1) is 11.8 Å². The molecule has 6 heteroatoms. The Bertz CT molecular complexity index is 648. The first-order valence-electron chi connectivity index (χ1n) is 10.2. The number of anilines is 1. The molecule has 2 aliphatic rings. The Kier molecular flexibility index (Phi) is 6.27. The van der Waals surface area contributed by atoms with Gasteiger partial charge in [-0.15, -0.1) is 0 Å². The Hall–Kier alpha value is -1.79. The first-order valence-corrected chi connectivity index (χ1v) is 10.2. The highest BCUT2D eigenvalue weighted by atomic mass is 16.5. The zero-order chi connectivity index (χ0) is 19.4. The molecule has 0 radical (unpaired) electrons. The number of hydrogen-bond donors (Lipinski definition) is 3. The second-order valence-corrected chi connectivity index (χ2v) is 8.15. The molecule has 6 nitrogen and oxygen atoms in total. The predicted octanol–water partition coefficient (Wildman–Crippen LogP) is 3.11. The number of nitrogens with zero attached hydrogens (tertiary/aromatic N) is 1. The van der Waals surface area contributed by atoms with Crippen LogP contribution in [0, 0.1) is 0 Å². The van der Waals surface area contributed by atoms with Crippen LogP contribution in [-0.4, -0.2) is 53.3 Å². The molecule has 4 N–H and O–H groups in total. The van der Waals surface area contributed by atoms with Crippen molar-refractivity contribution in [1.82, 2.24) is 4.90 Å². The summed E-state index contributed by atoms with van der Waals surface area (Å²) in [5.74, 6) is -0.327. The normalized spacial score (nSPS) is 27.4. The van der Waals surface area contributed by atoms with E-state index in [4.69, 9.17) is 10.5 Å². The summed E-state index contributed by atoms with van der Waals surface area (Å²) < 4.78 is 5.80. The lowest BCUT2D eigenvalue weighted by atomic mass is 9.79. The van der Waals surface area contributed by atoms with Crippen LogP contribution < -0.4 is 11.1 Å². The van der Waals surface area contributed by atoms with Gasteiger partial charge in [-0.25, -0.2) is 0 Å². The highest BCUT2D eigenvalue weighted by Gasteiger charge is 2.38. The third-order valence-electron chi connectivity index (χ3n) is 6.31. The van der Waals surface area contributed by atoms with Crippen molar-refractivity contribution in [1.29, 1.82) is 0 Å². The van der Waals surface area contributed by atoms with E-state index in [2.05, 4.69) is 24.1 Å². The number of benzene rings is 1. The number of phenolic OH excluding ortho intramolecular Hbond substituents is 1. The molecule has 3 rings (SSSR count). The van der Waals surface area contributed by atoms with Gasteiger partial charge < -0.3 is 20.9 Å². The monoisotopic (exact) mass is 375 g/mol. The first kappa shape index (κ1) is 20.0. The highest BCUT2D eigenvalue weighted by molar-refractivity contribution is 5.94. The number of hydrogen-bond acceptors (Lipinski definition) is 5. The van der Waals surface area contributed by atoms with Gasteiger partial charge >= 0.3 is 0 Å². The number of primary amides is 1. The largest absolute Gasteiger partial charge is 0.506 e. The van der Waals surface area contributed by atoms with Crippen molar-refractivity contribution >= 4 is 11.6 Å². The van der Waals surface area contributed by atoms with Crippen LogP contribution in [0.2, 0.25) is 0 Å². The molecule has 2 fully saturated rings. The fourth-order valence-electron chi connectivity index (χ4n) is 4.52. The second kappa shape index (κ2) is 8.48. The van der Waals surface area contributed by atoms with Crippen LogP contribution in [0.5, 0.6) is 5.75 Å². The number of carbonyl (C=O) groups excluding carboxylic acids is 1. The number of piperidine rings is 1. The lowest BCUT2D eigenvalue weighted by molar-refractivity contribution is -0.0242. The number of carbonyl (C=O) groups is 1. The van der Waals surface area contributed by atoms with Crippen molar-refractivity contribution in [2.24, 2.45) is 5.73 Å². The van der Waals surface area contributed by atoms with Gasteiger partial charge in [-0.3, -0.25) is 9.69 Å². The van der Waals surface area contributed by atoms with Crippen LogP contribution in [0.4, 0.5) is 5.69 Å². The van der Waals surface area contributed by atoms with Crippen LogP contribution in [0.3, 0.4) is 0 Å². The molecule has 0 aromatic heterocycles. The van der Waals surface area contributed by atoms with Crippen molar-refractivity contribution in [3.8, 4) is 5.75 Å². The summed E-state index contributed by atoms with van der Waals surface area (Å²) in [7, 11) is 0. The minimum Gasteiger partial charge on any atom is -0.506 e. The molecule has 1 aromatic rings. The van der Waals surface area contributed by atoms with E-state index in [1.54, 1.807) is 12.1 Å².